The highest BCUT2D eigenvalue weighted by atomic mass is 19.1. The van der Waals surface area contributed by atoms with E-state index in [1.54, 1.807) is 0 Å². The molecule has 3 unspecified atom stereocenters. The number of amides is 1. The van der Waals surface area contributed by atoms with Crippen LogP contribution in [0.1, 0.15) is 69.3 Å². The van der Waals surface area contributed by atoms with E-state index in [0.717, 1.165) is 66.8 Å². The highest BCUT2D eigenvalue weighted by molar-refractivity contribution is 5.82. The first-order valence-electron chi connectivity index (χ1n) is 15.0. The molecule has 0 bridgehead atoms. The van der Waals surface area contributed by atoms with Crippen LogP contribution in [-0.2, 0) is 14.2 Å². The van der Waals surface area contributed by atoms with E-state index in [9.17, 15) is 4.79 Å². The lowest BCUT2D eigenvalue weighted by Crippen LogP contribution is -2.54. The van der Waals surface area contributed by atoms with Gasteiger partial charge in [-0.15, -0.1) is 0 Å². The van der Waals surface area contributed by atoms with Crippen LogP contribution in [0.5, 0.6) is 0 Å². The summed E-state index contributed by atoms with van der Waals surface area (Å²) in [6, 6.07) is 6.04. The number of halogens is 1. The Labute approximate surface area is 246 Å². The molecule has 1 amide bonds. The zero-order chi connectivity index (χ0) is 29.6. The third-order valence-electron chi connectivity index (χ3n) is 8.23. The number of aryl methyl sites for hydroxylation is 2. The first-order chi connectivity index (χ1) is 20.0. The number of ether oxygens (including phenoxy) is 3. The van der Waals surface area contributed by atoms with Crippen molar-refractivity contribution in [1.29, 1.82) is 0 Å². The average molecular weight is 581 g/mol. The number of carbonyl (C=O) groups is 1. The van der Waals surface area contributed by atoms with Crippen molar-refractivity contribution in [2.24, 2.45) is 0 Å². The largest absolute Gasteiger partial charge is 0.444 e. The maximum Gasteiger partial charge on any atom is 0.410 e. The van der Waals surface area contributed by atoms with Crippen molar-refractivity contribution in [2.45, 2.75) is 90.4 Å². The number of anilines is 1. The molecule has 0 radical (unpaired) electrons. The molecular formula is C31H41FN6O4. The topological polar surface area (TPSA) is 94.8 Å². The van der Waals surface area contributed by atoms with Gasteiger partial charge in [0, 0.05) is 43.6 Å². The normalized spacial score (nSPS) is 23.7. The Hall–Kier alpha value is -3.31. The second-order valence-electron chi connectivity index (χ2n) is 12.8. The fraction of sp³-hybridized carbons (Fsp3) is 0.613. The third-order valence-corrected chi connectivity index (χ3v) is 8.23. The van der Waals surface area contributed by atoms with Crippen LogP contribution in [0.3, 0.4) is 0 Å². The molecule has 3 aliphatic rings. The molecule has 0 saturated carbocycles. The van der Waals surface area contributed by atoms with Gasteiger partial charge in [0.05, 0.1) is 24.4 Å². The molecule has 3 aromatic rings. The molecule has 1 aromatic carbocycles. The lowest BCUT2D eigenvalue weighted by molar-refractivity contribution is -0.191. The molecule has 3 aliphatic heterocycles. The Kier molecular flexibility index (Phi) is 7.82. The molecule has 10 nitrogen and oxygen atoms in total. The lowest BCUT2D eigenvalue weighted by Gasteiger charge is -2.41. The number of alkyl halides is 1. The minimum atomic E-state index is -1.20. The fourth-order valence-electron chi connectivity index (χ4n) is 6.08. The third kappa shape index (κ3) is 6.08. The molecule has 0 aliphatic carbocycles. The van der Waals surface area contributed by atoms with E-state index in [1.165, 1.54) is 4.90 Å². The fourth-order valence-corrected chi connectivity index (χ4v) is 6.08. The van der Waals surface area contributed by atoms with Gasteiger partial charge in [-0.05, 0) is 83.6 Å². The number of aromatic nitrogens is 4. The highest BCUT2D eigenvalue weighted by Crippen LogP contribution is 2.36. The number of hydrogen-bond acceptors (Lipinski definition) is 8. The van der Waals surface area contributed by atoms with Crippen LogP contribution in [0.25, 0.3) is 16.7 Å². The molecule has 3 atom stereocenters. The number of hydrogen-bond donors (Lipinski definition) is 0. The molecule has 3 fully saturated rings. The number of likely N-dealkylation sites (tertiary alicyclic amines) is 1. The van der Waals surface area contributed by atoms with E-state index in [2.05, 4.69) is 21.0 Å². The van der Waals surface area contributed by atoms with Crippen LogP contribution < -0.4 is 4.90 Å². The molecule has 3 saturated heterocycles. The predicted molar refractivity (Wildman–Crippen MR) is 157 cm³/mol. The minimum Gasteiger partial charge on any atom is -0.444 e. The Bertz CT molecular complexity index is 1440. The lowest BCUT2D eigenvalue weighted by atomic mass is 9.85. The van der Waals surface area contributed by atoms with Crippen molar-refractivity contribution in [3.63, 3.8) is 0 Å². The molecule has 42 heavy (non-hydrogen) atoms. The molecule has 226 valence electrons. The number of fused-ring (bicyclic) bond motifs is 1. The van der Waals surface area contributed by atoms with Gasteiger partial charge in [0.2, 0.25) is 0 Å². The first kappa shape index (κ1) is 28.8. The van der Waals surface area contributed by atoms with Crippen LogP contribution in [-0.4, -0.2) is 87.7 Å². The van der Waals surface area contributed by atoms with Crippen LogP contribution in [0.2, 0.25) is 0 Å². The summed E-state index contributed by atoms with van der Waals surface area (Å²) in [7, 11) is 0. The molecule has 2 aromatic heterocycles. The molecule has 6 rings (SSSR count). The Morgan fingerprint density at radius 3 is 2.55 bits per heavy atom. The quantitative estimate of drug-likeness (QED) is 0.405. The van der Waals surface area contributed by atoms with Crippen LogP contribution in [0, 0.1) is 13.8 Å². The van der Waals surface area contributed by atoms with E-state index < -0.39 is 17.9 Å². The van der Waals surface area contributed by atoms with Gasteiger partial charge >= 0.3 is 6.09 Å². The van der Waals surface area contributed by atoms with Crippen molar-refractivity contribution >= 4 is 22.8 Å². The molecular weight excluding hydrogens is 539 g/mol. The summed E-state index contributed by atoms with van der Waals surface area (Å²) < 4.78 is 34.7. The van der Waals surface area contributed by atoms with Gasteiger partial charge in [-0.3, -0.25) is 0 Å². The van der Waals surface area contributed by atoms with Gasteiger partial charge < -0.3 is 24.0 Å². The van der Waals surface area contributed by atoms with Crippen molar-refractivity contribution < 1.29 is 23.4 Å². The van der Waals surface area contributed by atoms with E-state index in [-0.39, 0.29) is 24.9 Å². The molecule has 0 spiro atoms. The monoisotopic (exact) mass is 580 g/mol. The molecule has 11 heteroatoms. The van der Waals surface area contributed by atoms with Gasteiger partial charge in [-0.2, -0.15) is 5.10 Å². The van der Waals surface area contributed by atoms with E-state index >= 15 is 4.39 Å². The second-order valence-corrected chi connectivity index (χ2v) is 12.8. The predicted octanol–water partition coefficient (Wildman–Crippen LogP) is 5.23. The maximum absolute atomic E-state index is 15.6. The van der Waals surface area contributed by atoms with Crippen LogP contribution in [0.4, 0.5) is 15.0 Å². The van der Waals surface area contributed by atoms with E-state index in [4.69, 9.17) is 19.2 Å². The number of nitrogens with zero attached hydrogens (tertiary/aromatic N) is 6. The number of piperidine rings is 1. The Balaban J connectivity index is 1.20. The van der Waals surface area contributed by atoms with Gasteiger partial charge in [-0.1, -0.05) is 0 Å². The van der Waals surface area contributed by atoms with Crippen molar-refractivity contribution in [2.75, 3.05) is 37.7 Å². The van der Waals surface area contributed by atoms with Crippen molar-refractivity contribution in [3.05, 3.63) is 41.3 Å². The summed E-state index contributed by atoms with van der Waals surface area (Å²) in [5.41, 5.74) is 2.18. The van der Waals surface area contributed by atoms with Gasteiger partial charge in [0.1, 0.15) is 23.4 Å². The standard InChI is InChI=1S/C31H41FN6O4/c1-19-12-21-15-33-38(26(21)13-24(19)23-9-10-36(18-25(23)32)30(39)42-31(3,4)5)28-14-27(34-20(2)35-28)37-16-22(17-37)41-29-8-6-7-11-40-29/h12-15,22-23,25,29H,6-11,16-18H2,1-5H3. The summed E-state index contributed by atoms with van der Waals surface area (Å²) >= 11 is 0. The Morgan fingerprint density at radius 2 is 1.83 bits per heavy atom. The summed E-state index contributed by atoms with van der Waals surface area (Å²) in [6.45, 7) is 12.1. The van der Waals surface area contributed by atoms with E-state index in [1.807, 2.05) is 57.6 Å². The number of benzene rings is 1. The number of carbonyl (C=O) groups excluding carboxylic acids is 1. The van der Waals surface area contributed by atoms with Crippen LogP contribution >= 0.6 is 0 Å². The average Bonchev–Trinajstić information content (AvgIpc) is 3.32. The maximum atomic E-state index is 15.6. The van der Waals surface area contributed by atoms with Gasteiger partial charge in [0.25, 0.3) is 0 Å². The van der Waals surface area contributed by atoms with Gasteiger partial charge in [0.15, 0.2) is 12.1 Å². The number of rotatable bonds is 5. The molecule has 0 N–H and O–H groups in total. The zero-order valence-corrected chi connectivity index (χ0v) is 25.2. The minimum absolute atomic E-state index is 0.0121. The van der Waals surface area contributed by atoms with Crippen molar-refractivity contribution in [1.82, 2.24) is 24.6 Å². The highest BCUT2D eigenvalue weighted by Gasteiger charge is 2.36. The van der Waals surface area contributed by atoms with E-state index in [0.29, 0.717) is 24.6 Å². The SMILES string of the molecule is Cc1nc(N2CC(OC3CCCCO3)C2)cc(-n2ncc3cc(C)c(C4CCN(C(=O)OC(C)(C)C)CC4F)cc32)n1. The van der Waals surface area contributed by atoms with Crippen LogP contribution in [0.15, 0.2) is 24.4 Å². The first-order valence-corrected chi connectivity index (χ1v) is 15.0. The summed E-state index contributed by atoms with van der Waals surface area (Å²) in [5.74, 6) is 1.82. The zero-order valence-electron chi connectivity index (χ0n) is 25.2. The summed E-state index contributed by atoms with van der Waals surface area (Å²) in [5, 5.41) is 5.62. The summed E-state index contributed by atoms with van der Waals surface area (Å²) in [4.78, 5) is 25.6. The van der Waals surface area contributed by atoms with Crippen molar-refractivity contribution in [3.8, 4) is 5.82 Å². The smallest absolute Gasteiger partial charge is 0.410 e. The second kappa shape index (κ2) is 11.4. The van der Waals surface area contributed by atoms with Gasteiger partial charge in [-0.25, -0.2) is 23.8 Å². The molecule has 5 heterocycles. The Morgan fingerprint density at radius 1 is 1.05 bits per heavy atom. The summed E-state index contributed by atoms with van der Waals surface area (Å²) in [6.07, 6.45) is 3.89.